The van der Waals surface area contributed by atoms with Gasteiger partial charge < -0.3 is 4.74 Å². The zero-order chi connectivity index (χ0) is 6.97. The van der Waals surface area contributed by atoms with Gasteiger partial charge in [-0.3, -0.25) is 5.10 Å². The van der Waals surface area contributed by atoms with E-state index in [2.05, 4.69) is 10.2 Å². The number of thiophene rings is 1. The van der Waals surface area contributed by atoms with Crippen LogP contribution in [0.25, 0.3) is 10.2 Å². The first-order valence-electron chi connectivity index (χ1n) is 2.87. The van der Waals surface area contributed by atoms with Crippen LogP contribution in [0.3, 0.4) is 0 Å². The molecule has 0 aromatic carbocycles. The summed E-state index contributed by atoms with van der Waals surface area (Å²) in [7, 11) is 1.66. The number of rotatable bonds is 1. The molecule has 0 saturated carbocycles. The first kappa shape index (κ1) is 5.73. The average molecular weight is 154 g/mol. The van der Waals surface area contributed by atoms with Crippen molar-refractivity contribution in [1.29, 1.82) is 0 Å². The van der Waals surface area contributed by atoms with Crippen molar-refractivity contribution in [3.8, 4) is 5.06 Å². The van der Waals surface area contributed by atoms with E-state index in [-0.39, 0.29) is 0 Å². The molecule has 1 N–H and O–H groups in total. The highest BCUT2D eigenvalue weighted by Gasteiger charge is 2.00. The molecule has 0 fully saturated rings. The van der Waals surface area contributed by atoms with Gasteiger partial charge in [-0.2, -0.15) is 5.10 Å². The van der Waals surface area contributed by atoms with Crippen molar-refractivity contribution < 1.29 is 4.74 Å². The summed E-state index contributed by atoms with van der Waals surface area (Å²) in [6.07, 6.45) is 1.79. The Balaban J connectivity index is 2.67. The predicted octanol–water partition coefficient (Wildman–Crippen LogP) is 1.63. The van der Waals surface area contributed by atoms with E-state index in [0.717, 1.165) is 15.3 Å². The van der Waals surface area contributed by atoms with Gasteiger partial charge in [0.1, 0.15) is 0 Å². The van der Waals surface area contributed by atoms with Gasteiger partial charge in [-0.05, 0) is 0 Å². The lowest BCUT2D eigenvalue weighted by atomic mass is 10.5. The molecule has 2 rings (SSSR count). The van der Waals surface area contributed by atoms with Crippen LogP contribution in [0.15, 0.2) is 12.3 Å². The minimum atomic E-state index is 0.920. The fourth-order valence-electron chi connectivity index (χ4n) is 0.826. The minimum absolute atomic E-state index is 0.920. The third-order valence-electron chi connectivity index (χ3n) is 1.31. The van der Waals surface area contributed by atoms with Gasteiger partial charge in [0.25, 0.3) is 0 Å². The normalized spacial score (nSPS) is 10.5. The Bertz CT molecular complexity index is 309. The van der Waals surface area contributed by atoms with E-state index in [0.29, 0.717) is 0 Å². The molecule has 3 nitrogen and oxygen atoms in total. The number of H-pyrrole nitrogens is 1. The van der Waals surface area contributed by atoms with Crippen LogP contribution in [-0.4, -0.2) is 17.3 Å². The second-order valence-corrected chi connectivity index (χ2v) is 2.96. The Morgan fingerprint density at radius 3 is 3.30 bits per heavy atom. The summed E-state index contributed by atoms with van der Waals surface area (Å²) in [5.74, 6) is 0. The summed E-state index contributed by atoms with van der Waals surface area (Å²) >= 11 is 1.59. The molecule has 0 unspecified atom stereocenters. The fourth-order valence-corrected chi connectivity index (χ4v) is 1.62. The molecule has 0 atom stereocenters. The second-order valence-electron chi connectivity index (χ2n) is 1.92. The highest BCUT2D eigenvalue weighted by Crippen LogP contribution is 2.29. The number of aromatic nitrogens is 2. The van der Waals surface area contributed by atoms with Gasteiger partial charge in [0, 0.05) is 6.07 Å². The highest BCUT2D eigenvalue weighted by molar-refractivity contribution is 7.20. The Morgan fingerprint density at radius 1 is 1.70 bits per heavy atom. The van der Waals surface area contributed by atoms with Crippen molar-refractivity contribution in [2.45, 2.75) is 0 Å². The standard InChI is InChI=1S/C6H6N2OS/c1-9-6-2-4-5(10-6)3-7-8-4/h2-3H,1H3,(H,7,8). The molecule has 52 valence electrons. The number of methoxy groups -OCH3 is 1. The molecule has 10 heavy (non-hydrogen) atoms. The number of fused-ring (bicyclic) bond motifs is 1. The number of aromatic amines is 1. The molecule has 2 aromatic rings. The van der Waals surface area contributed by atoms with Crippen LogP contribution in [-0.2, 0) is 0 Å². The quantitative estimate of drug-likeness (QED) is 0.678. The molecule has 2 aromatic heterocycles. The van der Waals surface area contributed by atoms with Crippen LogP contribution in [0.1, 0.15) is 0 Å². The van der Waals surface area contributed by atoms with Crippen molar-refractivity contribution in [1.82, 2.24) is 10.2 Å². The summed E-state index contributed by atoms with van der Waals surface area (Å²) in [5, 5.41) is 7.64. The molecule has 0 aliphatic heterocycles. The lowest BCUT2D eigenvalue weighted by molar-refractivity contribution is 0.427. The van der Waals surface area contributed by atoms with Gasteiger partial charge >= 0.3 is 0 Å². The van der Waals surface area contributed by atoms with Crippen molar-refractivity contribution in [3.63, 3.8) is 0 Å². The number of ether oxygens (including phenoxy) is 1. The molecular formula is C6H6N2OS. The van der Waals surface area contributed by atoms with Gasteiger partial charge in [-0.15, -0.1) is 0 Å². The molecule has 2 heterocycles. The lowest BCUT2D eigenvalue weighted by Crippen LogP contribution is -1.74. The van der Waals surface area contributed by atoms with E-state index in [1.807, 2.05) is 6.07 Å². The maximum absolute atomic E-state index is 5.03. The maximum atomic E-state index is 5.03. The van der Waals surface area contributed by atoms with E-state index < -0.39 is 0 Å². The summed E-state index contributed by atoms with van der Waals surface area (Å²) in [4.78, 5) is 0. The zero-order valence-electron chi connectivity index (χ0n) is 5.42. The van der Waals surface area contributed by atoms with Crippen LogP contribution in [0.4, 0.5) is 0 Å². The SMILES string of the molecule is COc1cc2[nH]ncc2s1. The zero-order valence-corrected chi connectivity index (χ0v) is 6.23. The van der Waals surface area contributed by atoms with E-state index >= 15 is 0 Å². The number of hydrogen-bond donors (Lipinski definition) is 1. The maximum Gasteiger partial charge on any atom is 0.176 e. The summed E-state index contributed by atoms with van der Waals surface area (Å²) in [6, 6.07) is 1.94. The Labute approximate surface area is 61.6 Å². The molecular weight excluding hydrogens is 148 g/mol. The predicted molar refractivity (Wildman–Crippen MR) is 40.5 cm³/mol. The highest BCUT2D eigenvalue weighted by atomic mass is 32.1. The van der Waals surface area contributed by atoms with E-state index in [1.54, 1.807) is 24.6 Å². The van der Waals surface area contributed by atoms with Gasteiger partial charge in [-0.25, -0.2) is 0 Å². The van der Waals surface area contributed by atoms with Crippen molar-refractivity contribution >= 4 is 21.6 Å². The molecule has 0 saturated heterocycles. The van der Waals surface area contributed by atoms with Crippen LogP contribution in [0.2, 0.25) is 0 Å². The van der Waals surface area contributed by atoms with Gasteiger partial charge in [0.2, 0.25) is 0 Å². The molecule has 0 amide bonds. The minimum Gasteiger partial charge on any atom is -0.487 e. The lowest BCUT2D eigenvalue weighted by Gasteiger charge is -1.87. The smallest absolute Gasteiger partial charge is 0.176 e. The molecule has 0 bridgehead atoms. The van der Waals surface area contributed by atoms with Crippen LogP contribution >= 0.6 is 11.3 Å². The Kier molecular flexibility index (Phi) is 1.14. The Morgan fingerprint density at radius 2 is 2.60 bits per heavy atom. The van der Waals surface area contributed by atoms with Gasteiger partial charge in [-0.1, -0.05) is 11.3 Å². The van der Waals surface area contributed by atoms with Crippen molar-refractivity contribution in [2.75, 3.05) is 7.11 Å². The summed E-state index contributed by atoms with van der Waals surface area (Å²) < 4.78 is 6.16. The van der Waals surface area contributed by atoms with Crippen LogP contribution in [0, 0.1) is 0 Å². The van der Waals surface area contributed by atoms with E-state index in [9.17, 15) is 0 Å². The van der Waals surface area contributed by atoms with Crippen molar-refractivity contribution in [2.24, 2.45) is 0 Å². The number of hydrogen-bond acceptors (Lipinski definition) is 3. The number of nitrogens with zero attached hydrogens (tertiary/aromatic N) is 1. The van der Waals surface area contributed by atoms with Crippen LogP contribution in [0.5, 0.6) is 5.06 Å². The molecule has 0 spiro atoms. The summed E-state index contributed by atoms with van der Waals surface area (Å²) in [5.41, 5.74) is 1.04. The Hall–Kier alpha value is -1.03. The molecule has 0 aliphatic carbocycles. The van der Waals surface area contributed by atoms with E-state index in [4.69, 9.17) is 4.74 Å². The molecule has 4 heteroatoms. The first-order chi connectivity index (χ1) is 4.90. The average Bonchev–Trinajstić information content (AvgIpc) is 2.42. The van der Waals surface area contributed by atoms with Crippen molar-refractivity contribution in [3.05, 3.63) is 12.3 Å². The second kappa shape index (κ2) is 1.98. The third kappa shape index (κ3) is 0.690. The molecule has 0 radical (unpaired) electrons. The van der Waals surface area contributed by atoms with Crippen LogP contribution < -0.4 is 4.74 Å². The topological polar surface area (TPSA) is 37.9 Å². The third-order valence-corrected chi connectivity index (χ3v) is 2.34. The summed E-state index contributed by atoms with van der Waals surface area (Å²) in [6.45, 7) is 0. The van der Waals surface area contributed by atoms with E-state index in [1.165, 1.54) is 0 Å². The first-order valence-corrected chi connectivity index (χ1v) is 3.68. The largest absolute Gasteiger partial charge is 0.487 e. The van der Waals surface area contributed by atoms with Gasteiger partial charge in [0.15, 0.2) is 5.06 Å². The molecule has 0 aliphatic rings. The fraction of sp³-hybridized carbons (Fsp3) is 0.167. The number of nitrogens with one attached hydrogen (secondary N) is 1. The van der Waals surface area contributed by atoms with Gasteiger partial charge in [0.05, 0.1) is 23.5 Å². The monoisotopic (exact) mass is 154 g/mol.